The lowest BCUT2D eigenvalue weighted by Crippen LogP contribution is -1.97. The quantitative estimate of drug-likeness (QED) is 0.684. The fraction of sp³-hybridized carbons (Fsp3) is 0.500. The molecule has 0 amide bonds. The van der Waals surface area contributed by atoms with Gasteiger partial charge in [0.1, 0.15) is 6.61 Å². The highest BCUT2D eigenvalue weighted by Gasteiger charge is 2.00. The standard InChI is InChI=1S/C4H6BrN3O/c1-8-3(2-9)6-4(5)7-8/h9H,2H2,1H3. The van der Waals surface area contributed by atoms with Crippen molar-refractivity contribution in [3.8, 4) is 0 Å². The van der Waals surface area contributed by atoms with Gasteiger partial charge in [0, 0.05) is 7.05 Å². The van der Waals surface area contributed by atoms with E-state index < -0.39 is 0 Å². The van der Waals surface area contributed by atoms with Crippen molar-refractivity contribution in [2.45, 2.75) is 6.61 Å². The van der Waals surface area contributed by atoms with Gasteiger partial charge in [-0.2, -0.15) is 0 Å². The summed E-state index contributed by atoms with van der Waals surface area (Å²) in [6.45, 7) is -0.0743. The van der Waals surface area contributed by atoms with Crippen molar-refractivity contribution in [2.75, 3.05) is 0 Å². The van der Waals surface area contributed by atoms with Crippen LogP contribution in [-0.2, 0) is 13.7 Å². The van der Waals surface area contributed by atoms with Gasteiger partial charge in [-0.15, -0.1) is 5.10 Å². The highest BCUT2D eigenvalue weighted by molar-refractivity contribution is 9.10. The third kappa shape index (κ3) is 1.28. The Hall–Kier alpha value is -0.420. The molecule has 0 atom stereocenters. The third-order valence-corrected chi connectivity index (χ3v) is 1.30. The summed E-state index contributed by atoms with van der Waals surface area (Å²) in [7, 11) is 1.73. The summed E-state index contributed by atoms with van der Waals surface area (Å²) in [4.78, 5) is 3.85. The van der Waals surface area contributed by atoms with Crippen LogP contribution in [0.3, 0.4) is 0 Å². The molecule has 0 saturated carbocycles. The molecule has 1 aromatic heterocycles. The maximum atomic E-state index is 8.59. The van der Waals surface area contributed by atoms with E-state index in [2.05, 4.69) is 26.0 Å². The first-order chi connectivity index (χ1) is 4.24. The van der Waals surface area contributed by atoms with Crippen molar-refractivity contribution >= 4 is 15.9 Å². The van der Waals surface area contributed by atoms with Crippen LogP contribution in [0, 0.1) is 0 Å². The van der Waals surface area contributed by atoms with Crippen molar-refractivity contribution in [2.24, 2.45) is 7.05 Å². The Labute approximate surface area is 60.6 Å². The molecule has 0 radical (unpaired) electrons. The van der Waals surface area contributed by atoms with E-state index in [1.54, 1.807) is 7.05 Å². The molecule has 0 bridgehead atoms. The first-order valence-electron chi connectivity index (χ1n) is 2.40. The monoisotopic (exact) mass is 191 g/mol. The van der Waals surface area contributed by atoms with Gasteiger partial charge in [-0.3, -0.25) is 0 Å². The molecule has 0 fully saturated rings. The van der Waals surface area contributed by atoms with Crippen LogP contribution >= 0.6 is 15.9 Å². The van der Waals surface area contributed by atoms with E-state index in [9.17, 15) is 0 Å². The van der Waals surface area contributed by atoms with Crippen LogP contribution in [0.2, 0.25) is 0 Å². The number of aliphatic hydroxyl groups excluding tert-OH is 1. The lowest BCUT2D eigenvalue weighted by atomic mass is 10.7. The predicted molar refractivity (Wildman–Crippen MR) is 34.6 cm³/mol. The SMILES string of the molecule is Cn1nc(Br)nc1CO. The first-order valence-corrected chi connectivity index (χ1v) is 3.19. The van der Waals surface area contributed by atoms with Gasteiger partial charge in [-0.05, 0) is 15.9 Å². The average molecular weight is 192 g/mol. The van der Waals surface area contributed by atoms with Crippen LogP contribution in [0.25, 0.3) is 0 Å². The summed E-state index contributed by atoms with van der Waals surface area (Å²) < 4.78 is 2.03. The molecule has 50 valence electrons. The van der Waals surface area contributed by atoms with Gasteiger partial charge < -0.3 is 5.11 Å². The van der Waals surface area contributed by atoms with E-state index >= 15 is 0 Å². The number of aryl methyl sites for hydroxylation is 1. The Morgan fingerprint density at radius 2 is 2.44 bits per heavy atom. The molecule has 0 spiro atoms. The number of hydrogen-bond acceptors (Lipinski definition) is 3. The van der Waals surface area contributed by atoms with Gasteiger partial charge >= 0.3 is 0 Å². The zero-order chi connectivity index (χ0) is 6.85. The summed E-state index contributed by atoms with van der Waals surface area (Å²) in [5.41, 5.74) is 0. The molecular weight excluding hydrogens is 186 g/mol. The van der Waals surface area contributed by atoms with Gasteiger partial charge in [-0.1, -0.05) is 0 Å². The smallest absolute Gasteiger partial charge is 0.217 e. The normalized spacial score (nSPS) is 10.1. The van der Waals surface area contributed by atoms with Crippen molar-refractivity contribution in [3.05, 3.63) is 10.6 Å². The molecule has 1 heterocycles. The minimum absolute atomic E-state index is 0.0743. The Morgan fingerprint density at radius 3 is 2.67 bits per heavy atom. The highest BCUT2D eigenvalue weighted by Crippen LogP contribution is 2.02. The molecule has 1 N–H and O–H groups in total. The van der Waals surface area contributed by atoms with Crippen LogP contribution in [-0.4, -0.2) is 19.9 Å². The van der Waals surface area contributed by atoms with Crippen LogP contribution in [0.15, 0.2) is 4.73 Å². The third-order valence-electron chi connectivity index (χ3n) is 0.969. The second-order valence-corrected chi connectivity index (χ2v) is 2.29. The molecule has 4 nitrogen and oxygen atoms in total. The van der Waals surface area contributed by atoms with Crippen LogP contribution < -0.4 is 0 Å². The minimum Gasteiger partial charge on any atom is -0.388 e. The number of halogens is 1. The molecule has 1 aromatic rings. The number of aliphatic hydroxyl groups is 1. The number of rotatable bonds is 1. The zero-order valence-corrected chi connectivity index (χ0v) is 6.46. The van der Waals surface area contributed by atoms with E-state index in [1.807, 2.05) is 0 Å². The summed E-state index contributed by atoms with van der Waals surface area (Å²) in [5, 5.41) is 12.4. The molecule has 0 aromatic carbocycles. The average Bonchev–Trinajstić information content (AvgIpc) is 2.10. The van der Waals surface area contributed by atoms with Gasteiger partial charge in [0.2, 0.25) is 4.73 Å². The van der Waals surface area contributed by atoms with Crippen LogP contribution in [0.4, 0.5) is 0 Å². The fourth-order valence-corrected chi connectivity index (χ4v) is 0.963. The van der Waals surface area contributed by atoms with Crippen molar-refractivity contribution in [3.63, 3.8) is 0 Å². The second-order valence-electron chi connectivity index (χ2n) is 1.58. The Morgan fingerprint density at radius 1 is 1.78 bits per heavy atom. The van der Waals surface area contributed by atoms with Gasteiger partial charge in [0.25, 0.3) is 0 Å². The lowest BCUT2D eigenvalue weighted by Gasteiger charge is -1.89. The largest absolute Gasteiger partial charge is 0.388 e. The molecular formula is C4H6BrN3O. The Balaban J connectivity index is 3.01. The maximum absolute atomic E-state index is 8.59. The molecule has 0 aliphatic heterocycles. The van der Waals surface area contributed by atoms with Gasteiger partial charge in [0.05, 0.1) is 0 Å². The molecule has 0 saturated heterocycles. The summed E-state index contributed by atoms with van der Waals surface area (Å²) >= 11 is 3.07. The van der Waals surface area contributed by atoms with E-state index in [0.29, 0.717) is 10.6 Å². The number of hydrogen-bond donors (Lipinski definition) is 1. The van der Waals surface area contributed by atoms with Crippen LogP contribution in [0.1, 0.15) is 5.82 Å². The van der Waals surface area contributed by atoms with Gasteiger partial charge in [-0.25, -0.2) is 9.67 Å². The number of nitrogens with zero attached hydrogens (tertiary/aromatic N) is 3. The lowest BCUT2D eigenvalue weighted by molar-refractivity contribution is 0.265. The topological polar surface area (TPSA) is 50.9 Å². The molecule has 0 aliphatic rings. The molecule has 1 rings (SSSR count). The van der Waals surface area contributed by atoms with E-state index in [-0.39, 0.29) is 6.61 Å². The molecule has 0 unspecified atom stereocenters. The van der Waals surface area contributed by atoms with Crippen LogP contribution in [0.5, 0.6) is 0 Å². The summed E-state index contributed by atoms with van der Waals surface area (Å²) in [6, 6.07) is 0. The number of aromatic nitrogens is 3. The second kappa shape index (κ2) is 2.45. The Kier molecular flexibility index (Phi) is 1.82. The highest BCUT2D eigenvalue weighted by atomic mass is 79.9. The summed E-state index contributed by atoms with van der Waals surface area (Å²) in [6.07, 6.45) is 0. The van der Waals surface area contributed by atoms with E-state index in [0.717, 1.165) is 0 Å². The Bertz CT molecular complexity index is 210. The van der Waals surface area contributed by atoms with E-state index in [1.165, 1.54) is 4.68 Å². The first kappa shape index (κ1) is 6.70. The van der Waals surface area contributed by atoms with Gasteiger partial charge in [0.15, 0.2) is 5.82 Å². The van der Waals surface area contributed by atoms with Crippen molar-refractivity contribution in [1.82, 2.24) is 14.8 Å². The maximum Gasteiger partial charge on any atom is 0.217 e. The van der Waals surface area contributed by atoms with Crippen molar-refractivity contribution in [1.29, 1.82) is 0 Å². The zero-order valence-electron chi connectivity index (χ0n) is 4.87. The summed E-state index contributed by atoms with van der Waals surface area (Å²) in [5.74, 6) is 0.557. The minimum atomic E-state index is -0.0743. The fourth-order valence-electron chi connectivity index (χ4n) is 0.520. The van der Waals surface area contributed by atoms with Crippen molar-refractivity contribution < 1.29 is 5.11 Å². The molecule has 5 heteroatoms. The molecule has 0 aliphatic carbocycles. The van der Waals surface area contributed by atoms with E-state index in [4.69, 9.17) is 5.11 Å². The molecule has 9 heavy (non-hydrogen) atoms. The predicted octanol–water partition coefficient (Wildman–Crippen LogP) is 0.0699.